The molecule has 0 fully saturated rings. The molecule has 6 aromatic rings. The van der Waals surface area contributed by atoms with Gasteiger partial charge in [0.1, 0.15) is 0 Å². The normalized spacial score (nSPS) is 11.1. The summed E-state index contributed by atoms with van der Waals surface area (Å²) in [4.78, 5) is 0. The van der Waals surface area contributed by atoms with Crippen LogP contribution >= 0.6 is 0 Å². The Bertz CT molecular complexity index is 2140. The van der Waals surface area contributed by atoms with Crippen molar-refractivity contribution in [1.29, 1.82) is 21.6 Å². The van der Waals surface area contributed by atoms with Crippen molar-refractivity contribution in [3.8, 4) is 33.4 Å². The lowest BCUT2D eigenvalue weighted by molar-refractivity contribution is 1.47. The van der Waals surface area contributed by atoms with Gasteiger partial charge in [-0.2, -0.15) is 0 Å². The Labute approximate surface area is 281 Å². The van der Waals surface area contributed by atoms with E-state index < -0.39 is 0 Å². The first-order chi connectivity index (χ1) is 23.5. The van der Waals surface area contributed by atoms with Gasteiger partial charge in [-0.05, 0) is 79.9 Å². The summed E-state index contributed by atoms with van der Waals surface area (Å²) in [7, 11) is 0. The van der Waals surface area contributed by atoms with E-state index in [0.717, 1.165) is 55.6 Å². The van der Waals surface area contributed by atoms with Crippen LogP contribution in [0, 0.1) is 21.6 Å². The van der Waals surface area contributed by atoms with Gasteiger partial charge in [-0.1, -0.05) is 158 Å². The van der Waals surface area contributed by atoms with Crippen LogP contribution in [0.15, 0.2) is 182 Å². The quantitative estimate of drug-likeness (QED) is 0.104. The van der Waals surface area contributed by atoms with E-state index in [9.17, 15) is 0 Å². The van der Waals surface area contributed by atoms with Crippen LogP contribution in [0.3, 0.4) is 0 Å². The molecule has 0 atom stereocenters. The van der Waals surface area contributed by atoms with E-state index >= 15 is 0 Å². The predicted octanol–water partition coefficient (Wildman–Crippen LogP) is 10.7. The van der Waals surface area contributed by atoms with E-state index in [4.69, 9.17) is 21.6 Å². The minimum atomic E-state index is 0.338. The van der Waals surface area contributed by atoms with Crippen molar-refractivity contribution in [2.45, 2.75) is 0 Å². The van der Waals surface area contributed by atoms with Crippen LogP contribution in [-0.4, -0.2) is 22.8 Å². The fraction of sp³-hybridized carbons (Fsp3) is 0. The Kier molecular flexibility index (Phi) is 9.65. The molecular formula is C44H34N4. The molecule has 4 N–H and O–H groups in total. The molecule has 0 bridgehead atoms. The minimum absolute atomic E-state index is 0.338. The topological polar surface area (TPSA) is 95.4 Å². The summed E-state index contributed by atoms with van der Waals surface area (Å²) in [5.41, 5.74) is 11.0. The molecule has 6 rings (SSSR count). The first kappa shape index (κ1) is 31.5. The van der Waals surface area contributed by atoms with Gasteiger partial charge in [0.15, 0.2) is 0 Å². The van der Waals surface area contributed by atoms with Crippen molar-refractivity contribution in [1.82, 2.24) is 0 Å². The van der Waals surface area contributed by atoms with Gasteiger partial charge in [-0.15, -0.1) is 0 Å². The molecule has 0 heterocycles. The summed E-state index contributed by atoms with van der Waals surface area (Å²) < 4.78 is 0. The molecule has 0 amide bonds. The van der Waals surface area contributed by atoms with Crippen molar-refractivity contribution >= 4 is 22.8 Å². The van der Waals surface area contributed by atoms with Crippen molar-refractivity contribution in [3.63, 3.8) is 0 Å². The molecule has 0 saturated carbocycles. The van der Waals surface area contributed by atoms with Gasteiger partial charge in [-0.25, -0.2) is 0 Å². The Balaban J connectivity index is 1.29. The summed E-state index contributed by atoms with van der Waals surface area (Å²) in [6.45, 7) is 0. The van der Waals surface area contributed by atoms with Crippen LogP contribution in [0.1, 0.15) is 22.3 Å². The number of hydrogen-bond acceptors (Lipinski definition) is 4. The molecule has 6 aromatic carbocycles. The zero-order valence-corrected chi connectivity index (χ0v) is 26.3. The molecule has 0 aliphatic heterocycles. The zero-order chi connectivity index (χ0) is 33.3. The molecular weight excluding hydrogens is 585 g/mol. The maximum absolute atomic E-state index is 8.65. The maximum atomic E-state index is 8.65. The van der Waals surface area contributed by atoms with Crippen molar-refractivity contribution < 1.29 is 0 Å². The van der Waals surface area contributed by atoms with Gasteiger partial charge in [0.25, 0.3) is 0 Å². The third-order valence-corrected chi connectivity index (χ3v) is 8.14. The Morgan fingerprint density at radius 2 is 0.604 bits per heavy atom. The smallest absolute Gasteiger partial charge is 0.0612 e. The second kappa shape index (κ2) is 14.7. The second-order valence-corrected chi connectivity index (χ2v) is 11.3. The van der Waals surface area contributed by atoms with Gasteiger partial charge in [0.05, 0.1) is 22.8 Å². The number of allylic oxidation sites excluding steroid dienone is 4. The van der Waals surface area contributed by atoms with Crippen molar-refractivity contribution in [2.24, 2.45) is 0 Å². The van der Waals surface area contributed by atoms with Gasteiger partial charge < -0.3 is 21.6 Å². The molecule has 4 heteroatoms. The number of hydrogen-bond donors (Lipinski definition) is 4. The van der Waals surface area contributed by atoms with Gasteiger partial charge >= 0.3 is 0 Å². The third-order valence-electron chi connectivity index (χ3n) is 8.14. The van der Waals surface area contributed by atoms with Crippen LogP contribution < -0.4 is 0 Å². The largest absolute Gasteiger partial charge is 0.300 e. The lowest BCUT2D eigenvalue weighted by atomic mass is 9.87. The first-order valence-electron chi connectivity index (χ1n) is 15.7. The summed E-state index contributed by atoms with van der Waals surface area (Å²) >= 11 is 0. The third kappa shape index (κ3) is 7.30. The fourth-order valence-electron chi connectivity index (χ4n) is 5.56. The Hall–Kier alpha value is -6.52. The summed E-state index contributed by atoms with van der Waals surface area (Å²) in [5, 5.41) is 33.9. The molecule has 0 unspecified atom stereocenters. The summed E-state index contributed by atoms with van der Waals surface area (Å²) in [5.74, 6) is 0. The molecule has 4 nitrogen and oxygen atoms in total. The summed E-state index contributed by atoms with van der Waals surface area (Å²) in [6, 6.07) is 51.7. The highest BCUT2D eigenvalue weighted by Gasteiger charge is 2.15. The molecule has 0 spiro atoms. The number of benzene rings is 6. The lowest BCUT2D eigenvalue weighted by Crippen LogP contribution is -1.99. The van der Waals surface area contributed by atoms with Gasteiger partial charge in [0.2, 0.25) is 0 Å². The molecule has 230 valence electrons. The highest BCUT2D eigenvalue weighted by molar-refractivity contribution is 6.15. The van der Waals surface area contributed by atoms with Crippen LogP contribution in [0.2, 0.25) is 0 Å². The van der Waals surface area contributed by atoms with E-state index in [-0.39, 0.29) is 0 Å². The SMILES string of the molecule is N=C(/C=C\C(=N)c1ccc(-c2cccc(-c3ccccc3)c2-c2ccc(C(=N)/C=C\C(=N)c3ccccc3)cc2)cc1)c1ccccc1. The minimum Gasteiger partial charge on any atom is -0.300 e. The first-order valence-corrected chi connectivity index (χ1v) is 15.7. The summed E-state index contributed by atoms with van der Waals surface area (Å²) in [6.07, 6.45) is 6.68. The molecule has 48 heavy (non-hydrogen) atoms. The van der Waals surface area contributed by atoms with Crippen LogP contribution in [0.4, 0.5) is 0 Å². The number of rotatable bonds is 11. The average Bonchev–Trinajstić information content (AvgIpc) is 3.16. The van der Waals surface area contributed by atoms with Gasteiger partial charge in [0, 0.05) is 0 Å². The number of nitrogens with one attached hydrogen (secondary N) is 4. The van der Waals surface area contributed by atoms with E-state index in [0.29, 0.717) is 22.8 Å². The highest BCUT2D eigenvalue weighted by Crippen LogP contribution is 2.40. The molecule has 0 saturated heterocycles. The van der Waals surface area contributed by atoms with E-state index in [1.165, 1.54) is 0 Å². The monoisotopic (exact) mass is 618 g/mol. The Morgan fingerprint density at radius 3 is 1.00 bits per heavy atom. The molecule has 0 radical (unpaired) electrons. The highest BCUT2D eigenvalue weighted by atomic mass is 14.4. The predicted molar refractivity (Wildman–Crippen MR) is 201 cm³/mol. The Morgan fingerprint density at radius 1 is 0.292 bits per heavy atom. The van der Waals surface area contributed by atoms with E-state index in [1.54, 1.807) is 24.3 Å². The standard InChI is InChI=1S/C44H34N4/c45-40(33-13-6-2-7-14-33)27-29-42(47)35-21-19-32(20-22-35)39-18-10-17-38(31-11-4-1-5-12-31)44(39)37-25-23-36(24-26-37)43(48)30-28-41(46)34-15-8-3-9-16-34/h1-30,45-48H/b29-27-,30-28-,45-40?,46-41?,47-42?,48-43?. The van der Waals surface area contributed by atoms with Crippen LogP contribution in [0.25, 0.3) is 33.4 Å². The van der Waals surface area contributed by atoms with E-state index in [1.807, 2.05) is 115 Å². The molecule has 0 aliphatic carbocycles. The lowest BCUT2D eigenvalue weighted by Gasteiger charge is -2.17. The van der Waals surface area contributed by atoms with Crippen molar-refractivity contribution in [3.05, 3.63) is 204 Å². The molecule has 0 aromatic heterocycles. The fourth-order valence-corrected chi connectivity index (χ4v) is 5.56. The van der Waals surface area contributed by atoms with E-state index in [2.05, 4.69) is 42.5 Å². The second-order valence-electron chi connectivity index (χ2n) is 11.3. The van der Waals surface area contributed by atoms with Gasteiger partial charge in [-0.3, -0.25) is 0 Å². The maximum Gasteiger partial charge on any atom is 0.0612 e. The average molecular weight is 619 g/mol. The zero-order valence-electron chi connectivity index (χ0n) is 26.3. The van der Waals surface area contributed by atoms with Crippen LogP contribution in [0.5, 0.6) is 0 Å². The molecule has 0 aliphatic rings. The van der Waals surface area contributed by atoms with Crippen LogP contribution in [-0.2, 0) is 0 Å². The van der Waals surface area contributed by atoms with Crippen molar-refractivity contribution in [2.75, 3.05) is 0 Å².